The van der Waals surface area contributed by atoms with Gasteiger partial charge >= 0.3 is 5.69 Å². The molecule has 7 heteroatoms. The molecule has 2 fully saturated rings. The largest absolute Gasteiger partial charge is 0.490 e. The molecule has 0 amide bonds. The zero-order chi connectivity index (χ0) is 15.7. The van der Waals surface area contributed by atoms with Crippen molar-refractivity contribution in [2.24, 2.45) is 5.92 Å². The van der Waals surface area contributed by atoms with Crippen LogP contribution < -0.4 is 9.64 Å². The van der Waals surface area contributed by atoms with Crippen molar-refractivity contribution in [1.29, 1.82) is 0 Å². The molecule has 120 valence electrons. The molecule has 1 aromatic carbocycles. The van der Waals surface area contributed by atoms with Gasteiger partial charge in [-0.2, -0.15) is 0 Å². The van der Waals surface area contributed by atoms with Crippen LogP contribution in [0.3, 0.4) is 0 Å². The predicted octanol–water partition coefficient (Wildman–Crippen LogP) is 2.75. The van der Waals surface area contributed by atoms with Gasteiger partial charge in [-0.15, -0.1) is 0 Å². The third kappa shape index (κ3) is 2.72. The Bertz CT molecular complexity index is 581. The first-order chi connectivity index (χ1) is 10.6. The summed E-state index contributed by atoms with van der Waals surface area (Å²) in [5.41, 5.74) is 0.0195. The van der Waals surface area contributed by atoms with Gasteiger partial charge in [0.1, 0.15) is 0 Å². The maximum Gasteiger partial charge on any atom is 0.313 e. The molecule has 0 unspecified atom stereocenters. The van der Waals surface area contributed by atoms with Crippen LogP contribution in [0.2, 0.25) is 0 Å². The standard InChI is InChI=1S/C15H19FN2O4/c1-21-15-8-12(11(16)7-13(15)18(19)20)17-5-4-14-10(9-17)3-2-6-22-14/h7-8,10,14H,2-6,9H2,1H3/t10-,14+/m0/s1. The fraction of sp³-hybridized carbons (Fsp3) is 0.600. The highest BCUT2D eigenvalue weighted by atomic mass is 19.1. The number of piperidine rings is 1. The summed E-state index contributed by atoms with van der Waals surface area (Å²) in [5.74, 6) is -0.103. The summed E-state index contributed by atoms with van der Waals surface area (Å²) >= 11 is 0. The average molecular weight is 310 g/mol. The van der Waals surface area contributed by atoms with Crippen LogP contribution in [0.15, 0.2) is 12.1 Å². The molecule has 2 aliphatic rings. The quantitative estimate of drug-likeness (QED) is 0.634. The third-order valence-electron chi connectivity index (χ3n) is 4.50. The second kappa shape index (κ2) is 6.08. The number of nitro benzene ring substituents is 1. The molecule has 2 saturated heterocycles. The van der Waals surface area contributed by atoms with E-state index in [4.69, 9.17) is 9.47 Å². The monoisotopic (exact) mass is 310 g/mol. The molecule has 0 bridgehead atoms. The van der Waals surface area contributed by atoms with E-state index in [2.05, 4.69) is 0 Å². The van der Waals surface area contributed by atoms with Gasteiger partial charge in [-0.05, 0) is 19.3 Å². The Hall–Kier alpha value is -1.89. The van der Waals surface area contributed by atoms with Crippen LogP contribution >= 0.6 is 0 Å². The van der Waals surface area contributed by atoms with Gasteiger partial charge in [-0.25, -0.2) is 4.39 Å². The number of methoxy groups -OCH3 is 1. The van der Waals surface area contributed by atoms with Crippen molar-refractivity contribution >= 4 is 11.4 Å². The molecular weight excluding hydrogens is 291 g/mol. The molecule has 3 rings (SSSR count). The van der Waals surface area contributed by atoms with E-state index in [1.54, 1.807) is 0 Å². The zero-order valence-corrected chi connectivity index (χ0v) is 12.5. The molecule has 6 nitrogen and oxygen atoms in total. The maximum atomic E-state index is 14.3. The highest BCUT2D eigenvalue weighted by Gasteiger charge is 2.33. The topological polar surface area (TPSA) is 64.8 Å². The molecule has 0 aromatic heterocycles. The highest BCUT2D eigenvalue weighted by Crippen LogP contribution is 2.37. The molecule has 2 heterocycles. The number of fused-ring (bicyclic) bond motifs is 1. The van der Waals surface area contributed by atoms with Crippen LogP contribution in [0, 0.1) is 21.8 Å². The molecule has 0 aliphatic carbocycles. The number of nitrogens with zero attached hydrogens (tertiary/aromatic N) is 2. The Kier molecular flexibility index (Phi) is 4.15. The average Bonchev–Trinajstić information content (AvgIpc) is 2.54. The number of halogens is 1. The van der Waals surface area contributed by atoms with Crippen LogP contribution in [0.4, 0.5) is 15.8 Å². The Labute approximate surface area is 128 Å². The molecule has 0 radical (unpaired) electrons. The summed E-state index contributed by atoms with van der Waals surface area (Å²) in [6.45, 7) is 2.20. The number of nitro groups is 1. The Morgan fingerprint density at radius 1 is 1.45 bits per heavy atom. The molecule has 0 N–H and O–H groups in total. The number of rotatable bonds is 3. The SMILES string of the molecule is COc1cc(N2CC[C@H]3OCCC[C@H]3C2)c(F)cc1[N+](=O)[O-]. The molecule has 0 saturated carbocycles. The van der Waals surface area contributed by atoms with Gasteiger partial charge in [0, 0.05) is 31.7 Å². The second-order valence-corrected chi connectivity index (χ2v) is 5.78. The van der Waals surface area contributed by atoms with Crippen LogP contribution in [0.5, 0.6) is 5.75 Å². The van der Waals surface area contributed by atoms with Crippen LogP contribution in [0.1, 0.15) is 19.3 Å². The summed E-state index contributed by atoms with van der Waals surface area (Å²) < 4.78 is 25.1. The van der Waals surface area contributed by atoms with Crippen molar-refractivity contribution in [3.05, 3.63) is 28.1 Å². The Balaban J connectivity index is 1.86. The summed E-state index contributed by atoms with van der Waals surface area (Å²) in [5, 5.41) is 10.9. The summed E-state index contributed by atoms with van der Waals surface area (Å²) in [6.07, 6.45) is 3.21. The lowest BCUT2D eigenvalue weighted by Crippen LogP contribution is -2.46. The summed E-state index contributed by atoms with van der Waals surface area (Å²) in [7, 11) is 1.35. The van der Waals surface area contributed by atoms with E-state index in [1.165, 1.54) is 13.2 Å². The van der Waals surface area contributed by atoms with Crippen LogP contribution in [-0.4, -0.2) is 37.8 Å². The first-order valence-corrected chi connectivity index (χ1v) is 7.48. The van der Waals surface area contributed by atoms with Gasteiger partial charge in [0.25, 0.3) is 0 Å². The van der Waals surface area contributed by atoms with Crippen molar-refractivity contribution in [2.75, 3.05) is 31.7 Å². The Morgan fingerprint density at radius 3 is 3.00 bits per heavy atom. The lowest BCUT2D eigenvalue weighted by Gasteiger charge is -2.42. The fourth-order valence-electron chi connectivity index (χ4n) is 3.39. The first-order valence-electron chi connectivity index (χ1n) is 7.48. The number of benzene rings is 1. The number of anilines is 1. The molecular formula is C15H19FN2O4. The van der Waals surface area contributed by atoms with Crippen molar-refractivity contribution in [1.82, 2.24) is 0 Å². The molecule has 22 heavy (non-hydrogen) atoms. The van der Waals surface area contributed by atoms with E-state index in [0.29, 0.717) is 24.7 Å². The van der Waals surface area contributed by atoms with Crippen molar-refractivity contribution in [3.63, 3.8) is 0 Å². The number of ether oxygens (including phenoxy) is 2. The highest BCUT2D eigenvalue weighted by molar-refractivity contribution is 5.60. The predicted molar refractivity (Wildman–Crippen MR) is 78.9 cm³/mol. The minimum Gasteiger partial charge on any atom is -0.490 e. The second-order valence-electron chi connectivity index (χ2n) is 5.78. The Morgan fingerprint density at radius 2 is 2.27 bits per heavy atom. The van der Waals surface area contributed by atoms with Gasteiger partial charge in [0.05, 0.1) is 29.9 Å². The van der Waals surface area contributed by atoms with E-state index >= 15 is 0 Å². The molecule has 1 aromatic rings. The summed E-state index contributed by atoms with van der Waals surface area (Å²) in [6, 6.07) is 2.37. The lowest BCUT2D eigenvalue weighted by atomic mass is 9.88. The fourth-order valence-corrected chi connectivity index (χ4v) is 3.39. The van der Waals surface area contributed by atoms with E-state index in [-0.39, 0.29) is 17.5 Å². The lowest BCUT2D eigenvalue weighted by molar-refractivity contribution is -0.385. The van der Waals surface area contributed by atoms with Crippen molar-refractivity contribution in [2.45, 2.75) is 25.4 Å². The molecule has 2 atom stereocenters. The van der Waals surface area contributed by atoms with E-state index in [9.17, 15) is 14.5 Å². The van der Waals surface area contributed by atoms with Gasteiger partial charge in [-0.3, -0.25) is 10.1 Å². The third-order valence-corrected chi connectivity index (χ3v) is 4.50. The zero-order valence-electron chi connectivity index (χ0n) is 12.5. The maximum absolute atomic E-state index is 14.3. The minimum atomic E-state index is -0.632. The first kappa shape index (κ1) is 15.0. The van der Waals surface area contributed by atoms with Gasteiger partial charge < -0.3 is 14.4 Å². The van der Waals surface area contributed by atoms with E-state index in [0.717, 1.165) is 31.9 Å². The van der Waals surface area contributed by atoms with Gasteiger partial charge in [-0.1, -0.05) is 0 Å². The summed E-state index contributed by atoms with van der Waals surface area (Å²) in [4.78, 5) is 12.2. The smallest absolute Gasteiger partial charge is 0.313 e. The van der Waals surface area contributed by atoms with E-state index in [1.807, 2.05) is 4.90 Å². The van der Waals surface area contributed by atoms with Gasteiger partial charge in [0.2, 0.25) is 0 Å². The van der Waals surface area contributed by atoms with Crippen LogP contribution in [0.25, 0.3) is 0 Å². The van der Waals surface area contributed by atoms with Crippen molar-refractivity contribution in [3.8, 4) is 5.75 Å². The van der Waals surface area contributed by atoms with Crippen molar-refractivity contribution < 1.29 is 18.8 Å². The van der Waals surface area contributed by atoms with Crippen LogP contribution in [-0.2, 0) is 4.74 Å². The molecule has 2 aliphatic heterocycles. The normalized spacial score (nSPS) is 24.7. The minimum absolute atomic E-state index is 0.0865. The number of hydrogen-bond acceptors (Lipinski definition) is 5. The van der Waals surface area contributed by atoms with E-state index < -0.39 is 10.7 Å². The van der Waals surface area contributed by atoms with Gasteiger partial charge in [0.15, 0.2) is 11.6 Å². The number of hydrogen-bond donors (Lipinski definition) is 0. The molecule has 0 spiro atoms.